The quantitative estimate of drug-likeness (QED) is 0.902. The van der Waals surface area contributed by atoms with Gasteiger partial charge in [0.1, 0.15) is 0 Å². The van der Waals surface area contributed by atoms with Gasteiger partial charge in [0.2, 0.25) is 0 Å². The molecule has 1 unspecified atom stereocenters. The third-order valence-electron chi connectivity index (χ3n) is 3.19. The lowest BCUT2D eigenvalue weighted by Gasteiger charge is -2.13. The van der Waals surface area contributed by atoms with Crippen LogP contribution in [0.5, 0.6) is 0 Å². The molecule has 21 heavy (non-hydrogen) atoms. The zero-order valence-corrected chi connectivity index (χ0v) is 11.8. The van der Waals surface area contributed by atoms with Gasteiger partial charge in [-0.2, -0.15) is 0 Å². The van der Waals surface area contributed by atoms with Crippen LogP contribution in [0.2, 0.25) is 5.02 Å². The van der Waals surface area contributed by atoms with Gasteiger partial charge in [-0.05, 0) is 48.2 Å². The number of hydrogen-bond acceptors (Lipinski definition) is 1. The van der Waals surface area contributed by atoms with Gasteiger partial charge in [0.05, 0.1) is 5.92 Å². The maximum atomic E-state index is 13.2. The molecule has 0 aromatic heterocycles. The minimum Gasteiger partial charge on any atom is -0.481 e. The predicted molar refractivity (Wildman–Crippen MR) is 76.3 cm³/mol. The molecular formula is C16H13ClF2O2. The smallest absolute Gasteiger partial charge is 0.307 e. The average molecular weight is 311 g/mol. The number of carbonyl (C=O) groups is 1. The Morgan fingerprint density at radius 2 is 1.71 bits per heavy atom. The largest absolute Gasteiger partial charge is 0.481 e. The first kappa shape index (κ1) is 15.4. The van der Waals surface area contributed by atoms with Crippen LogP contribution in [-0.4, -0.2) is 11.1 Å². The van der Waals surface area contributed by atoms with Crippen molar-refractivity contribution in [3.8, 4) is 0 Å². The van der Waals surface area contributed by atoms with Gasteiger partial charge in [-0.1, -0.05) is 29.8 Å². The maximum Gasteiger partial charge on any atom is 0.307 e. The SMILES string of the molecule is O=C(O)C(Cc1cccc(Cl)c1)Cc1ccc(F)c(F)c1. The molecule has 0 bridgehead atoms. The number of halogens is 3. The first-order valence-electron chi connectivity index (χ1n) is 6.37. The monoisotopic (exact) mass is 310 g/mol. The van der Waals surface area contributed by atoms with Crippen LogP contribution in [0.1, 0.15) is 11.1 Å². The summed E-state index contributed by atoms with van der Waals surface area (Å²) in [4.78, 5) is 11.3. The van der Waals surface area contributed by atoms with Gasteiger partial charge in [-0.25, -0.2) is 8.78 Å². The van der Waals surface area contributed by atoms with Crippen molar-refractivity contribution in [2.75, 3.05) is 0 Å². The maximum absolute atomic E-state index is 13.2. The Balaban J connectivity index is 2.15. The number of rotatable bonds is 5. The minimum absolute atomic E-state index is 0.124. The Kier molecular flexibility index (Phi) is 4.91. The Bertz CT molecular complexity index is 658. The molecule has 0 fully saturated rings. The van der Waals surface area contributed by atoms with Gasteiger partial charge in [-0.3, -0.25) is 4.79 Å². The molecule has 0 radical (unpaired) electrons. The van der Waals surface area contributed by atoms with Crippen molar-refractivity contribution in [2.45, 2.75) is 12.8 Å². The van der Waals surface area contributed by atoms with Crippen LogP contribution in [0.3, 0.4) is 0 Å². The molecule has 5 heteroatoms. The van der Waals surface area contributed by atoms with Gasteiger partial charge < -0.3 is 5.11 Å². The number of aliphatic carboxylic acids is 1. The Morgan fingerprint density at radius 1 is 1.05 bits per heavy atom. The van der Waals surface area contributed by atoms with E-state index in [1.54, 1.807) is 24.3 Å². The van der Waals surface area contributed by atoms with Crippen LogP contribution in [0.25, 0.3) is 0 Å². The van der Waals surface area contributed by atoms with Gasteiger partial charge in [-0.15, -0.1) is 0 Å². The summed E-state index contributed by atoms with van der Waals surface area (Å²) < 4.78 is 26.1. The van der Waals surface area contributed by atoms with Crippen molar-refractivity contribution in [1.82, 2.24) is 0 Å². The first-order valence-corrected chi connectivity index (χ1v) is 6.74. The van der Waals surface area contributed by atoms with E-state index >= 15 is 0 Å². The lowest BCUT2D eigenvalue weighted by Crippen LogP contribution is -2.19. The summed E-state index contributed by atoms with van der Waals surface area (Å²) in [6.07, 6.45) is 0.397. The predicted octanol–water partition coefficient (Wildman–Crippen LogP) is 4.10. The van der Waals surface area contributed by atoms with Gasteiger partial charge in [0, 0.05) is 5.02 Å². The highest BCUT2D eigenvalue weighted by Gasteiger charge is 2.19. The van der Waals surface area contributed by atoms with E-state index in [1.165, 1.54) is 6.07 Å². The second-order valence-electron chi connectivity index (χ2n) is 4.82. The molecule has 1 atom stereocenters. The van der Waals surface area contributed by atoms with E-state index in [-0.39, 0.29) is 12.8 Å². The molecule has 1 N–H and O–H groups in total. The van der Waals surface area contributed by atoms with Gasteiger partial charge in [0.25, 0.3) is 0 Å². The second-order valence-corrected chi connectivity index (χ2v) is 5.26. The van der Waals surface area contributed by atoms with Crippen molar-refractivity contribution < 1.29 is 18.7 Å². The van der Waals surface area contributed by atoms with Crippen LogP contribution in [0.4, 0.5) is 8.78 Å². The van der Waals surface area contributed by atoms with Crippen molar-refractivity contribution in [3.05, 3.63) is 70.2 Å². The molecule has 0 aliphatic carbocycles. The molecule has 0 aliphatic rings. The fourth-order valence-corrected chi connectivity index (χ4v) is 2.36. The summed E-state index contributed by atoms with van der Waals surface area (Å²) in [6, 6.07) is 10.4. The molecule has 0 heterocycles. The molecule has 2 aromatic carbocycles. The normalized spacial score (nSPS) is 12.1. The van der Waals surface area contributed by atoms with Gasteiger partial charge in [0.15, 0.2) is 11.6 Å². The zero-order valence-electron chi connectivity index (χ0n) is 11.0. The van der Waals surface area contributed by atoms with Crippen molar-refractivity contribution >= 4 is 17.6 Å². The molecule has 2 aromatic rings. The van der Waals surface area contributed by atoms with E-state index in [2.05, 4.69) is 0 Å². The summed E-state index contributed by atoms with van der Waals surface area (Å²) >= 11 is 5.87. The molecule has 2 nitrogen and oxygen atoms in total. The molecule has 2 rings (SSSR count). The van der Waals surface area contributed by atoms with E-state index in [0.29, 0.717) is 10.6 Å². The van der Waals surface area contributed by atoms with E-state index in [4.69, 9.17) is 11.6 Å². The Hall–Kier alpha value is -1.94. The fourth-order valence-electron chi connectivity index (χ4n) is 2.15. The third kappa shape index (κ3) is 4.26. The summed E-state index contributed by atoms with van der Waals surface area (Å²) in [6.45, 7) is 0. The van der Waals surface area contributed by atoms with Crippen LogP contribution in [0.15, 0.2) is 42.5 Å². The van der Waals surface area contributed by atoms with Crippen molar-refractivity contribution in [3.63, 3.8) is 0 Å². The Labute approximate surface area is 126 Å². The average Bonchev–Trinajstić information content (AvgIpc) is 2.42. The summed E-state index contributed by atoms with van der Waals surface area (Å²) in [5, 5.41) is 9.82. The Morgan fingerprint density at radius 3 is 2.29 bits per heavy atom. The van der Waals surface area contributed by atoms with E-state index < -0.39 is 23.5 Å². The number of carboxylic acids is 1. The summed E-state index contributed by atoms with van der Waals surface area (Å²) in [7, 11) is 0. The zero-order chi connectivity index (χ0) is 15.4. The summed E-state index contributed by atoms with van der Waals surface area (Å²) in [5.74, 6) is -3.63. The number of carboxylic acid groups (broad SMARTS) is 1. The highest BCUT2D eigenvalue weighted by molar-refractivity contribution is 6.30. The van der Waals surface area contributed by atoms with Crippen LogP contribution >= 0.6 is 11.6 Å². The molecule has 110 valence electrons. The van der Waals surface area contributed by atoms with Crippen molar-refractivity contribution in [2.24, 2.45) is 5.92 Å². The summed E-state index contributed by atoms with van der Waals surface area (Å²) in [5.41, 5.74) is 1.24. The topological polar surface area (TPSA) is 37.3 Å². The van der Waals surface area contributed by atoms with Crippen LogP contribution in [-0.2, 0) is 17.6 Å². The van der Waals surface area contributed by atoms with E-state index in [9.17, 15) is 18.7 Å². The third-order valence-corrected chi connectivity index (χ3v) is 3.42. The molecule has 0 spiro atoms. The number of hydrogen-bond donors (Lipinski definition) is 1. The second kappa shape index (κ2) is 6.68. The molecule has 0 amide bonds. The first-order chi connectivity index (χ1) is 9.95. The highest BCUT2D eigenvalue weighted by atomic mass is 35.5. The van der Waals surface area contributed by atoms with Crippen LogP contribution < -0.4 is 0 Å². The molecule has 0 saturated carbocycles. The molecular weight excluding hydrogens is 298 g/mol. The van der Waals surface area contributed by atoms with Gasteiger partial charge >= 0.3 is 5.97 Å². The highest BCUT2D eigenvalue weighted by Crippen LogP contribution is 2.19. The fraction of sp³-hybridized carbons (Fsp3) is 0.188. The van der Waals surface area contributed by atoms with E-state index in [0.717, 1.165) is 17.7 Å². The lowest BCUT2D eigenvalue weighted by molar-refractivity contribution is -0.141. The minimum atomic E-state index is -0.986. The number of benzene rings is 2. The van der Waals surface area contributed by atoms with Crippen molar-refractivity contribution in [1.29, 1.82) is 0 Å². The van der Waals surface area contributed by atoms with Crippen LogP contribution in [0, 0.1) is 17.6 Å². The van der Waals surface area contributed by atoms with E-state index in [1.807, 2.05) is 0 Å². The standard InChI is InChI=1S/C16H13ClF2O2/c17-13-3-1-2-10(8-13)6-12(16(20)21)7-11-4-5-14(18)15(19)9-11/h1-5,8-9,12H,6-7H2,(H,20,21). The molecule has 0 aliphatic heterocycles. The molecule has 0 saturated heterocycles. The lowest BCUT2D eigenvalue weighted by atomic mass is 9.92.